The molecule has 142 valence electrons. The monoisotopic (exact) mass is 374 g/mol. The second-order valence-electron chi connectivity index (χ2n) is 6.59. The zero-order chi connectivity index (χ0) is 20.1. The van der Waals surface area contributed by atoms with Crippen molar-refractivity contribution in [2.75, 3.05) is 5.32 Å². The Hall–Kier alpha value is -3.47. The van der Waals surface area contributed by atoms with Gasteiger partial charge in [0.25, 0.3) is 5.91 Å². The van der Waals surface area contributed by atoms with E-state index in [0.29, 0.717) is 0 Å². The van der Waals surface area contributed by atoms with Gasteiger partial charge in [-0.3, -0.25) is 9.78 Å². The highest BCUT2D eigenvalue weighted by Gasteiger charge is 2.18. The lowest BCUT2D eigenvalue weighted by Gasteiger charge is -2.15. The molecule has 0 aliphatic carbocycles. The van der Waals surface area contributed by atoms with Crippen LogP contribution in [0.1, 0.15) is 23.6 Å². The normalized spacial score (nSPS) is 12.1. The van der Waals surface area contributed by atoms with E-state index in [4.69, 9.17) is 4.74 Å². The number of aromatic nitrogens is 1. The summed E-state index contributed by atoms with van der Waals surface area (Å²) in [5.41, 5.74) is 4.26. The molecule has 1 heterocycles. The third kappa shape index (κ3) is 4.43. The fourth-order valence-corrected chi connectivity index (χ4v) is 2.92. The van der Waals surface area contributed by atoms with E-state index in [1.54, 1.807) is 19.2 Å². The minimum atomic E-state index is -0.915. The van der Waals surface area contributed by atoms with Crippen LogP contribution in [-0.2, 0) is 14.3 Å². The van der Waals surface area contributed by atoms with Crippen molar-refractivity contribution >= 4 is 34.5 Å². The highest BCUT2D eigenvalue weighted by Crippen LogP contribution is 2.20. The lowest BCUT2D eigenvalue weighted by molar-refractivity contribution is -0.148. The van der Waals surface area contributed by atoms with Gasteiger partial charge in [0.2, 0.25) is 0 Å². The van der Waals surface area contributed by atoms with E-state index in [1.165, 1.54) is 6.08 Å². The van der Waals surface area contributed by atoms with E-state index < -0.39 is 12.1 Å². The topological polar surface area (TPSA) is 68.3 Å². The summed E-state index contributed by atoms with van der Waals surface area (Å²) in [6.45, 7) is 5.38. The molecule has 3 aromatic rings. The van der Waals surface area contributed by atoms with Gasteiger partial charge in [-0.15, -0.1) is 0 Å². The number of benzene rings is 2. The highest BCUT2D eigenvalue weighted by molar-refractivity contribution is 5.98. The second kappa shape index (κ2) is 8.48. The Bertz CT molecular complexity index is 1030. The Morgan fingerprint density at radius 1 is 1.04 bits per heavy atom. The van der Waals surface area contributed by atoms with Crippen molar-refractivity contribution in [1.82, 2.24) is 4.98 Å². The molecule has 1 unspecified atom stereocenters. The molecular weight excluding hydrogens is 352 g/mol. The van der Waals surface area contributed by atoms with Gasteiger partial charge in [-0.2, -0.15) is 0 Å². The average Bonchev–Trinajstić information content (AvgIpc) is 2.69. The number of carbonyl (C=O) groups excluding carboxylic acids is 2. The number of aryl methyl sites for hydroxylation is 2. The maximum absolute atomic E-state index is 12.4. The molecule has 0 saturated carbocycles. The summed E-state index contributed by atoms with van der Waals surface area (Å²) in [7, 11) is 0. The molecule has 1 N–H and O–H groups in total. The maximum atomic E-state index is 12.4. The first-order chi connectivity index (χ1) is 13.5. The number of para-hydroxylation sites is 2. The van der Waals surface area contributed by atoms with Crippen LogP contribution in [0.5, 0.6) is 0 Å². The third-order valence-corrected chi connectivity index (χ3v) is 4.45. The standard InChI is InChI=1S/C23H22N2O3/c1-15-7-4-8-16(2)21(15)25-23(27)17(3)28-20(26)13-12-19-10-5-9-18-11-6-14-24-22(18)19/h4-14,17H,1-3H3,(H,25,27)/b13-12+. The fraction of sp³-hybridized carbons (Fsp3) is 0.174. The number of nitrogens with zero attached hydrogens (tertiary/aromatic N) is 1. The Kier molecular flexibility index (Phi) is 5.84. The molecule has 0 fully saturated rings. The Labute approximate surface area is 164 Å². The molecule has 5 nitrogen and oxygen atoms in total. The third-order valence-electron chi connectivity index (χ3n) is 4.45. The van der Waals surface area contributed by atoms with E-state index in [-0.39, 0.29) is 5.91 Å². The minimum absolute atomic E-state index is 0.369. The van der Waals surface area contributed by atoms with Crippen molar-refractivity contribution < 1.29 is 14.3 Å². The van der Waals surface area contributed by atoms with Crippen molar-refractivity contribution in [2.24, 2.45) is 0 Å². The number of rotatable bonds is 5. The molecule has 0 aliphatic rings. The number of hydrogen-bond acceptors (Lipinski definition) is 4. The number of esters is 1. The molecule has 5 heteroatoms. The van der Waals surface area contributed by atoms with Gasteiger partial charge in [0.1, 0.15) is 0 Å². The van der Waals surface area contributed by atoms with E-state index in [9.17, 15) is 9.59 Å². The molecule has 3 rings (SSSR count). The Balaban J connectivity index is 1.65. The van der Waals surface area contributed by atoms with Crippen LogP contribution in [0.25, 0.3) is 17.0 Å². The van der Waals surface area contributed by atoms with Gasteiger partial charge in [-0.25, -0.2) is 4.79 Å². The van der Waals surface area contributed by atoms with Crippen molar-refractivity contribution in [2.45, 2.75) is 26.9 Å². The lowest BCUT2D eigenvalue weighted by Crippen LogP contribution is -2.30. The number of fused-ring (bicyclic) bond motifs is 1. The fourth-order valence-electron chi connectivity index (χ4n) is 2.92. The van der Waals surface area contributed by atoms with Gasteiger partial charge in [-0.05, 0) is 44.0 Å². The zero-order valence-electron chi connectivity index (χ0n) is 16.1. The van der Waals surface area contributed by atoms with Crippen molar-refractivity contribution in [3.8, 4) is 0 Å². The van der Waals surface area contributed by atoms with Crippen LogP contribution < -0.4 is 5.32 Å². The van der Waals surface area contributed by atoms with Crippen molar-refractivity contribution in [3.63, 3.8) is 0 Å². The maximum Gasteiger partial charge on any atom is 0.331 e. The van der Waals surface area contributed by atoms with E-state index in [0.717, 1.165) is 33.3 Å². The number of carbonyl (C=O) groups is 2. The van der Waals surface area contributed by atoms with E-state index in [1.807, 2.05) is 62.4 Å². The zero-order valence-corrected chi connectivity index (χ0v) is 16.1. The number of hydrogen-bond donors (Lipinski definition) is 1. The SMILES string of the molecule is Cc1cccc(C)c1NC(=O)C(C)OC(=O)/C=C/c1cccc2cccnc12. The first kappa shape index (κ1) is 19.3. The van der Waals surface area contributed by atoms with Crippen LogP contribution in [-0.4, -0.2) is 23.0 Å². The largest absolute Gasteiger partial charge is 0.449 e. The summed E-state index contributed by atoms with van der Waals surface area (Å²) in [5, 5.41) is 3.82. The Morgan fingerprint density at radius 3 is 2.46 bits per heavy atom. The summed E-state index contributed by atoms with van der Waals surface area (Å²) >= 11 is 0. The van der Waals surface area contributed by atoms with Gasteiger partial charge in [0.15, 0.2) is 6.10 Å². The van der Waals surface area contributed by atoms with Crippen LogP contribution in [0, 0.1) is 13.8 Å². The predicted octanol–water partition coefficient (Wildman–Crippen LogP) is 4.44. The molecule has 1 aromatic heterocycles. The van der Waals surface area contributed by atoms with Crippen LogP contribution in [0.2, 0.25) is 0 Å². The number of amides is 1. The lowest BCUT2D eigenvalue weighted by atomic mass is 10.1. The van der Waals surface area contributed by atoms with Crippen LogP contribution in [0.4, 0.5) is 5.69 Å². The molecule has 28 heavy (non-hydrogen) atoms. The summed E-state index contributed by atoms with van der Waals surface area (Å²) in [6.07, 6.45) is 3.75. The van der Waals surface area contributed by atoms with E-state index >= 15 is 0 Å². The smallest absolute Gasteiger partial charge is 0.331 e. The van der Waals surface area contributed by atoms with Crippen LogP contribution >= 0.6 is 0 Å². The molecular formula is C23H22N2O3. The predicted molar refractivity (Wildman–Crippen MR) is 111 cm³/mol. The number of nitrogens with one attached hydrogen (secondary N) is 1. The van der Waals surface area contributed by atoms with Gasteiger partial charge in [-0.1, -0.05) is 42.5 Å². The van der Waals surface area contributed by atoms with Gasteiger partial charge < -0.3 is 10.1 Å². The summed E-state index contributed by atoms with van der Waals surface area (Å²) in [4.78, 5) is 28.9. The first-order valence-electron chi connectivity index (χ1n) is 9.05. The quantitative estimate of drug-likeness (QED) is 0.530. The highest BCUT2D eigenvalue weighted by atomic mass is 16.5. The van der Waals surface area contributed by atoms with Crippen molar-refractivity contribution in [3.05, 3.63) is 77.5 Å². The summed E-state index contributed by atoms with van der Waals surface area (Å²) < 4.78 is 5.24. The van der Waals surface area contributed by atoms with Gasteiger partial charge in [0, 0.05) is 28.9 Å². The summed E-state index contributed by atoms with van der Waals surface area (Å²) in [5.74, 6) is -0.955. The number of anilines is 1. The number of pyridine rings is 1. The Morgan fingerprint density at radius 2 is 1.71 bits per heavy atom. The first-order valence-corrected chi connectivity index (χ1v) is 9.05. The molecule has 0 spiro atoms. The minimum Gasteiger partial charge on any atom is -0.449 e. The van der Waals surface area contributed by atoms with Crippen molar-refractivity contribution in [1.29, 1.82) is 0 Å². The van der Waals surface area contributed by atoms with Crippen LogP contribution in [0.3, 0.4) is 0 Å². The molecule has 1 atom stereocenters. The van der Waals surface area contributed by atoms with E-state index in [2.05, 4.69) is 10.3 Å². The molecule has 1 amide bonds. The summed E-state index contributed by atoms with van der Waals surface area (Å²) in [6, 6.07) is 15.3. The van der Waals surface area contributed by atoms with Gasteiger partial charge >= 0.3 is 5.97 Å². The second-order valence-corrected chi connectivity index (χ2v) is 6.59. The van der Waals surface area contributed by atoms with Gasteiger partial charge in [0.05, 0.1) is 5.52 Å². The molecule has 0 radical (unpaired) electrons. The number of ether oxygens (including phenoxy) is 1. The molecule has 0 saturated heterocycles. The molecule has 0 bridgehead atoms. The molecule has 0 aliphatic heterocycles. The van der Waals surface area contributed by atoms with Crippen LogP contribution in [0.15, 0.2) is 60.8 Å². The molecule has 2 aromatic carbocycles. The average molecular weight is 374 g/mol.